The number of hydrogen-bond acceptors (Lipinski definition) is 7. The first-order valence-corrected chi connectivity index (χ1v) is 14.1. The molecule has 10 nitrogen and oxygen atoms in total. The molecule has 0 aliphatic rings. The van der Waals surface area contributed by atoms with Crippen molar-refractivity contribution in [3.05, 3.63) is 78.4 Å². The van der Waals surface area contributed by atoms with Crippen LogP contribution in [0.4, 0.5) is 5.69 Å². The summed E-state index contributed by atoms with van der Waals surface area (Å²) in [5.41, 5.74) is 1.05. The molecule has 0 spiro atoms. The first-order chi connectivity index (χ1) is 19.2. The number of nitrogens with one attached hydrogen (secondary N) is 1. The van der Waals surface area contributed by atoms with Gasteiger partial charge in [-0.3, -0.25) is 13.9 Å². The largest absolute Gasteiger partial charge is 0.497 e. The second-order valence-electron chi connectivity index (χ2n) is 8.77. The Morgan fingerprint density at radius 1 is 0.875 bits per heavy atom. The third-order valence-electron chi connectivity index (χ3n) is 6.41. The molecule has 0 fully saturated rings. The van der Waals surface area contributed by atoms with Crippen LogP contribution < -0.4 is 23.8 Å². The number of rotatable bonds is 13. The Balaban J connectivity index is 2.05. The summed E-state index contributed by atoms with van der Waals surface area (Å²) in [6.07, 6.45) is 0.329. The van der Waals surface area contributed by atoms with Crippen LogP contribution in [0.2, 0.25) is 0 Å². The molecule has 0 aliphatic carbocycles. The van der Waals surface area contributed by atoms with Gasteiger partial charge >= 0.3 is 0 Å². The number of hydrogen-bond donors (Lipinski definition) is 1. The van der Waals surface area contributed by atoms with Crippen molar-refractivity contribution in [3.63, 3.8) is 0 Å². The van der Waals surface area contributed by atoms with Crippen LogP contribution in [-0.4, -0.2) is 66.1 Å². The van der Waals surface area contributed by atoms with Crippen molar-refractivity contribution in [3.8, 4) is 17.2 Å². The Hall–Kier alpha value is -4.25. The smallest absolute Gasteiger partial charge is 0.264 e. The molecule has 1 N–H and O–H groups in total. The van der Waals surface area contributed by atoms with E-state index in [4.69, 9.17) is 14.2 Å². The number of likely N-dealkylation sites (N-methyl/N-ethyl adjacent to an activating group) is 1. The number of carbonyl (C=O) groups excluding carboxylic acids is 2. The molecule has 1 unspecified atom stereocenters. The maximum absolute atomic E-state index is 14.0. The maximum Gasteiger partial charge on any atom is 0.264 e. The molecule has 3 rings (SSSR count). The molecule has 0 heterocycles. The van der Waals surface area contributed by atoms with Crippen molar-refractivity contribution < 1.29 is 32.2 Å². The topological polar surface area (TPSA) is 114 Å². The number of nitrogens with zero attached hydrogens (tertiary/aromatic N) is 2. The molecule has 0 aliphatic heterocycles. The van der Waals surface area contributed by atoms with E-state index in [1.807, 2.05) is 0 Å². The zero-order valence-corrected chi connectivity index (χ0v) is 24.1. The number of sulfonamides is 1. The molecule has 0 bridgehead atoms. The lowest BCUT2D eigenvalue weighted by Gasteiger charge is -2.33. The van der Waals surface area contributed by atoms with Gasteiger partial charge in [-0.2, -0.15) is 0 Å². The average molecular weight is 570 g/mol. The number of amides is 2. The van der Waals surface area contributed by atoms with Gasteiger partial charge in [0.1, 0.15) is 18.3 Å². The molecular weight excluding hydrogens is 534 g/mol. The van der Waals surface area contributed by atoms with E-state index in [1.165, 1.54) is 44.4 Å². The van der Waals surface area contributed by atoms with Gasteiger partial charge in [-0.1, -0.05) is 37.3 Å². The summed E-state index contributed by atoms with van der Waals surface area (Å²) in [6, 6.07) is 18.9. The molecule has 214 valence electrons. The molecule has 0 saturated carbocycles. The van der Waals surface area contributed by atoms with Crippen molar-refractivity contribution in [2.24, 2.45) is 0 Å². The van der Waals surface area contributed by atoms with Crippen LogP contribution in [0.15, 0.2) is 77.7 Å². The van der Waals surface area contributed by atoms with Gasteiger partial charge in [-0.15, -0.1) is 0 Å². The van der Waals surface area contributed by atoms with Gasteiger partial charge in [0.05, 0.1) is 31.9 Å². The lowest BCUT2D eigenvalue weighted by atomic mass is 10.1. The van der Waals surface area contributed by atoms with E-state index >= 15 is 0 Å². The first-order valence-electron chi connectivity index (χ1n) is 12.6. The van der Waals surface area contributed by atoms with Crippen LogP contribution in [0.3, 0.4) is 0 Å². The summed E-state index contributed by atoms with van der Waals surface area (Å²) in [7, 11) is 1.67. The molecular formula is C29H35N3O7S. The number of ether oxygens (including phenoxy) is 3. The predicted molar refractivity (Wildman–Crippen MR) is 152 cm³/mol. The molecule has 0 saturated heterocycles. The van der Waals surface area contributed by atoms with Gasteiger partial charge < -0.3 is 24.4 Å². The normalized spacial score (nSPS) is 11.7. The number of benzene rings is 3. The Kier molecular flexibility index (Phi) is 10.4. The second-order valence-corrected chi connectivity index (χ2v) is 10.6. The van der Waals surface area contributed by atoms with Crippen molar-refractivity contribution in [2.75, 3.05) is 39.2 Å². The minimum Gasteiger partial charge on any atom is -0.497 e. The average Bonchev–Trinajstić information content (AvgIpc) is 2.99. The molecule has 3 aromatic rings. The van der Waals surface area contributed by atoms with Crippen molar-refractivity contribution in [1.29, 1.82) is 0 Å². The van der Waals surface area contributed by atoms with Gasteiger partial charge in [-0.25, -0.2) is 8.42 Å². The summed E-state index contributed by atoms with van der Waals surface area (Å²) in [5, 5.41) is 2.61. The zero-order valence-electron chi connectivity index (χ0n) is 23.3. The Morgan fingerprint density at radius 2 is 1.52 bits per heavy atom. The standard InChI is InChI=1S/C29H35N3O7S/c1-6-25(29(34)30-2)31(19-21-12-14-23(37-3)15-13-21)28(33)20-32(22-10-8-7-9-11-22)40(35,36)24-16-17-26(38-4)27(18-24)39-5/h7-18,25H,6,19-20H2,1-5H3,(H,30,34). The van der Waals surface area contributed by atoms with Crippen molar-refractivity contribution in [2.45, 2.75) is 30.8 Å². The van der Waals surface area contributed by atoms with Crippen LogP contribution in [0, 0.1) is 0 Å². The highest BCUT2D eigenvalue weighted by Crippen LogP contribution is 2.32. The van der Waals surface area contributed by atoms with E-state index in [-0.39, 0.29) is 23.1 Å². The van der Waals surface area contributed by atoms with Crippen molar-refractivity contribution in [1.82, 2.24) is 10.2 Å². The van der Waals surface area contributed by atoms with E-state index in [0.29, 0.717) is 23.6 Å². The molecule has 11 heteroatoms. The SMILES string of the molecule is CCC(C(=O)NC)N(Cc1ccc(OC)cc1)C(=O)CN(c1ccccc1)S(=O)(=O)c1ccc(OC)c(OC)c1. The van der Waals surface area contributed by atoms with E-state index in [1.54, 1.807) is 68.6 Å². The Morgan fingerprint density at radius 3 is 2.08 bits per heavy atom. The van der Waals surface area contributed by atoms with Gasteiger partial charge in [0.15, 0.2) is 11.5 Å². The van der Waals surface area contributed by atoms with Crippen LogP contribution >= 0.6 is 0 Å². The molecule has 0 radical (unpaired) electrons. The monoisotopic (exact) mass is 569 g/mol. The molecule has 40 heavy (non-hydrogen) atoms. The summed E-state index contributed by atoms with van der Waals surface area (Å²) in [5.74, 6) is 0.356. The third-order valence-corrected chi connectivity index (χ3v) is 8.18. The summed E-state index contributed by atoms with van der Waals surface area (Å²) in [6.45, 7) is 1.35. The highest BCUT2D eigenvalue weighted by atomic mass is 32.2. The summed E-state index contributed by atoms with van der Waals surface area (Å²) >= 11 is 0. The van der Waals surface area contributed by atoms with E-state index in [0.717, 1.165) is 9.87 Å². The van der Waals surface area contributed by atoms with Gasteiger partial charge in [-0.05, 0) is 48.4 Å². The Labute approximate surface area is 235 Å². The van der Waals surface area contributed by atoms with Crippen LogP contribution in [-0.2, 0) is 26.2 Å². The maximum atomic E-state index is 14.0. The fourth-order valence-electron chi connectivity index (χ4n) is 4.24. The molecule has 2 amide bonds. The Bertz CT molecular complexity index is 1400. The van der Waals surface area contributed by atoms with Crippen LogP contribution in [0.5, 0.6) is 17.2 Å². The van der Waals surface area contributed by atoms with Gasteiger partial charge in [0.25, 0.3) is 10.0 Å². The first kappa shape index (κ1) is 30.3. The zero-order chi connectivity index (χ0) is 29.3. The van der Waals surface area contributed by atoms with Gasteiger partial charge in [0, 0.05) is 19.7 Å². The van der Waals surface area contributed by atoms with Gasteiger partial charge in [0.2, 0.25) is 11.8 Å². The lowest BCUT2D eigenvalue weighted by molar-refractivity contribution is -0.140. The number of carbonyl (C=O) groups is 2. The fraction of sp³-hybridized carbons (Fsp3) is 0.310. The fourth-order valence-corrected chi connectivity index (χ4v) is 5.67. The van der Waals surface area contributed by atoms with E-state index in [9.17, 15) is 18.0 Å². The lowest BCUT2D eigenvalue weighted by Crippen LogP contribution is -2.51. The van der Waals surface area contributed by atoms with Crippen molar-refractivity contribution >= 4 is 27.5 Å². The molecule has 1 atom stereocenters. The number of para-hydroxylation sites is 1. The molecule has 3 aromatic carbocycles. The summed E-state index contributed by atoms with van der Waals surface area (Å²) in [4.78, 5) is 28.1. The highest BCUT2D eigenvalue weighted by molar-refractivity contribution is 7.92. The number of anilines is 1. The highest BCUT2D eigenvalue weighted by Gasteiger charge is 2.33. The summed E-state index contributed by atoms with van der Waals surface area (Å²) < 4.78 is 44.8. The van der Waals surface area contributed by atoms with E-state index in [2.05, 4.69) is 5.32 Å². The third kappa shape index (κ3) is 6.84. The quantitative estimate of drug-likeness (QED) is 0.335. The minimum absolute atomic E-state index is 0.0816. The predicted octanol–water partition coefficient (Wildman–Crippen LogP) is 3.46. The van der Waals surface area contributed by atoms with E-state index < -0.39 is 28.5 Å². The van der Waals surface area contributed by atoms with Crippen LogP contribution in [0.25, 0.3) is 0 Å². The minimum atomic E-state index is -4.25. The number of methoxy groups -OCH3 is 3. The van der Waals surface area contributed by atoms with Crippen LogP contribution in [0.1, 0.15) is 18.9 Å². The molecule has 0 aromatic heterocycles. The second kappa shape index (κ2) is 13.7.